The maximum absolute atomic E-state index is 13.1. The first-order valence-electron chi connectivity index (χ1n) is 10.2. The van der Waals surface area contributed by atoms with Gasteiger partial charge in [-0.1, -0.05) is 18.2 Å². The summed E-state index contributed by atoms with van der Waals surface area (Å²) in [6, 6.07) is 12.9. The van der Waals surface area contributed by atoms with Crippen LogP contribution >= 0.6 is 0 Å². The predicted octanol–water partition coefficient (Wildman–Crippen LogP) is 2.17. The highest BCUT2D eigenvalue weighted by Crippen LogP contribution is 2.26. The molecule has 29 heavy (non-hydrogen) atoms. The van der Waals surface area contributed by atoms with Gasteiger partial charge in [0.1, 0.15) is 0 Å². The number of benzene rings is 2. The maximum Gasteiger partial charge on any atom is 0.248 e. The summed E-state index contributed by atoms with van der Waals surface area (Å²) < 4.78 is 27.8. The highest BCUT2D eigenvalue weighted by molar-refractivity contribution is 7.89. The summed E-state index contributed by atoms with van der Waals surface area (Å²) >= 11 is 0. The number of piperazine rings is 1. The molecule has 0 aromatic heterocycles. The van der Waals surface area contributed by atoms with Gasteiger partial charge in [-0.05, 0) is 66.6 Å². The van der Waals surface area contributed by atoms with E-state index >= 15 is 0 Å². The van der Waals surface area contributed by atoms with Crippen molar-refractivity contribution in [2.45, 2.75) is 37.1 Å². The summed E-state index contributed by atoms with van der Waals surface area (Å²) in [5.41, 5.74) is 9.34. The molecule has 0 bridgehead atoms. The number of nitrogens with zero attached hydrogens (tertiary/aromatic N) is 2. The normalized spacial score (nSPS) is 18.3. The lowest BCUT2D eigenvalue weighted by atomic mass is 9.92. The molecule has 0 spiro atoms. The smallest absolute Gasteiger partial charge is 0.248 e. The molecule has 1 heterocycles. The molecule has 6 nitrogen and oxygen atoms in total. The Labute approximate surface area is 172 Å². The first-order valence-corrected chi connectivity index (χ1v) is 11.6. The van der Waals surface area contributed by atoms with Crippen LogP contribution in [0.15, 0.2) is 47.4 Å². The molecule has 0 atom stereocenters. The Kier molecular flexibility index (Phi) is 5.72. The molecule has 1 fully saturated rings. The van der Waals surface area contributed by atoms with Crippen LogP contribution in [0.3, 0.4) is 0 Å². The average Bonchev–Trinajstić information content (AvgIpc) is 2.74. The number of hydrogen-bond donors (Lipinski definition) is 1. The van der Waals surface area contributed by atoms with E-state index in [1.807, 2.05) is 24.3 Å². The van der Waals surface area contributed by atoms with E-state index in [4.69, 9.17) is 5.73 Å². The number of carbonyl (C=O) groups is 1. The minimum Gasteiger partial charge on any atom is -0.366 e. The molecule has 1 aliphatic heterocycles. The Morgan fingerprint density at radius 1 is 0.897 bits per heavy atom. The van der Waals surface area contributed by atoms with Crippen LogP contribution in [0.1, 0.15) is 39.9 Å². The third-order valence-corrected chi connectivity index (χ3v) is 7.83. The average molecular weight is 414 g/mol. The van der Waals surface area contributed by atoms with Gasteiger partial charge in [0.2, 0.25) is 15.9 Å². The Morgan fingerprint density at radius 3 is 2.21 bits per heavy atom. The quantitative estimate of drug-likeness (QED) is 0.814. The van der Waals surface area contributed by atoms with Gasteiger partial charge < -0.3 is 5.73 Å². The second-order valence-electron chi connectivity index (χ2n) is 7.88. The SMILES string of the molecule is NC(=O)c1ccc(CN2CCN(S(=O)(=O)c3ccc4c(c3)CCCC4)CC2)cc1. The molecule has 2 aromatic carbocycles. The van der Waals surface area contributed by atoms with E-state index in [0.29, 0.717) is 36.6 Å². The van der Waals surface area contributed by atoms with Crippen LogP contribution in [0, 0.1) is 0 Å². The minimum absolute atomic E-state index is 0.425. The number of aryl methyl sites for hydroxylation is 2. The number of nitrogens with two attached hydrogens (primary N) is 1. The zero-order valence-electron chi connectivity index (χ0n) is 16.5. The molecule has 1 amide bonds. The van der Waals surface area contributed by atoms with Crippen molar-refractivity contribution in [3.63, 3.8) is 0 Å². The fourth-order valence-corrected chi connectivity index (χ4v) is 5.65. The minimum atomic E-state index is -3.45. The van der Waals surface area contributed by atoms with Crippen molar-refractivity contribution < 1.29 is 13.2 Å². The van der Waals surface area contributed by atoms with Crippen molar-refractivity contribution in [3.8, 4) is 0 Å². The van der Waals surface area contributed by atoms with E-state index in [-0.39, 0.29) is 0 Å². The van der Waals surface area contributed by atoms with Gasteiger partial charge in [-0.2, -0.15) is 4.31 Å². The van der Waals surface area contributed by atoms with Gasteiger partial charge in [0.05, 0.1) is 4.90 Å². The van der Waals surface area contributed by atoms with E-state index < -0.39 is 15.9 Å². The lowest BCUT2D eigenvalue weighted by molar-refractivity contribution is 0.1000. The van der Waals surface area contributed by atoms with Crippen molar-refractivity contribution in [1.82, 2.24) is 9.21 Å². The van der Waals surface area contributed by atoms with Crippen LogP contribution in [-0.4, -0.2) is 49.7 Å². The van der Waals surface area contributed by atoms with E-state index in [9.17, 15) is 13.2 Å². The molecule has 4 rings (SSSR count). The predicted molar refractivity (Wildman–Crippen MR) is 112 cm³/mol. The monoisotopic (exact) mass is 413 g/mol. The maximum atomic E-state index is 13.1. The van der Waals surface area contributed by atoms with Gasteiger partial charge in [-0.3, -0.25) is 9.69 Å². The number of fused-ring (bicyclic) bond motifs is 1. The summed E-state index contributed by atoms with van der Waals surface area (Å²) in [5, 5.41) is 0. The lowest BCUT2D eigenvalue weighted by Gasteiger charge is -2.34. The fraction of sp³-hybridized carbons (Fsp3) is 0.409. The molecule has 0 radical (unpaired) electrons. The van der Waals surface area contributed by atoms with Crippen LogP contribution in [0.5, 0.6) is 0 Å². The summed E-state index contributed by atoms with van der Waals surface area (Å²) in [4.78, 5) is 13.8. The van der Waals surface area contributed by atoms with Gasteiger partial charge in [0.25, 0.3) is 0 Å². The van der Waals surface area contributed by atoms with Crippen molar-refractivity contribution >= 4 is 15.9 Å². The highest BCUT2D eigenvalue weighted by atomic mass is 32.2. The number of primary amides is 1. The molecule has 7 heteroatoms. The molecule has 0 unspecified atom stereocenters. The van der Waals surface area contributed by atoms with Gasteiger partial charge >= 0.3 is 0 Å². The van der Waals surface area contributed by atoms with Crippen LogP contribution in [0.25, 0.3) is 0 Å². The van der Waals surface area contributed by atoms with Gasteiger partial charge in [0, 0.05) is 38.3 Å². The number of rotatable bonds is 5. The molecule has 2 aromatic rings. The van der Waals surface area contributed by atoms with Gasteiger partial charge in [-0.15, -0.1) is 0 Å². The molecular formula is C22H27N3O3S. The van der Waals surface area contributed by atoms with E-state index in [1.54, 1.807) is 22.5 Å². The van der Waals surface area contributed by atoms with Crippen molar-refractivity contribution in [3.05, 3.63) is 64.7 Å². The summed E-state index contributed by atoms with van der Waals surface area (Å²) in [5.74, 6) is -0.433. The zero-order chi connectivity index (χ0) is 20.4. The van der Waals surface area contributed by atoms with Gasteiger partial charge in [-0.25, -0.2) is 8.42 Å². The van der Waals surface area contributed by atoms with E-state index in [0.717, 1.165) is 31.4 Å². The highest BCUT2D eigenvalue weighted by Gasteiger charge is 2.29. The van der Waals surface area contributed by atoms with E-state index in [2.05, 4.69) is 4.90 Å². The topological polar surface area (TPSA) is 83.7 Å². The largest absolute Gasteiger partial charge is 0.366 e. The molecule has 154 valence electrons. The van der Waals surface area contributed by atoms with Crippen LogP contribution in [0.2, 0.25) is 0 Å². The summed E-state index contributed by atoms with van der Waals surface area (Å²) in [7, 11) is -3.45. The standard InChI is InChI=1S/C22H27N3O3S/c23-22(26)19-7-5-17(6-8-19)16-24-11-13-25(14-12-24)29(27,28)21-10-9-18-3-1-2-4-20(18)15-21/h5-10,15H,1-4,11-14,16H2,(H2,23,26). The Bertz CT molecular complexity index is 994. The van der Waals surface area contributed by atoms with Crippen LogP contribution in [0.4, 0.5) is 0 Å². The lowest BCUT2D eigenvalue weighted by Crippen LogP contribution is -2.48. The molecule has 2 aliphatic rings. The number of carbonyl (C=O) groups excluding carboxylic acids is 1. The first kappa shape index (κ1) is 20.1. The van der Waals surface area contributed by atoms with Crippen molar-refractivity contribution in [2.24, 2.45) is 5.73 Å². The summed E-state index contributed by atoms with van der Waals surface area (Å²) in [6.07, 6.45) is 4.34. The molecule has 2 N–H and O–H groups in total. The second-order valence-corrected chi connectivity index (χ2v) is 9.82. The number of amides is 1. The number of hydrogen-bond acceptors (Lipinski definition) is 4. The molecule has 0 saturated carbocycles. The van der Waals surface area contributed by atoms with Crippen molar-refractivity contribution in [1.29, 1.82) is 0 Å². The Hall–Kier alpha value is -2.22. The van der Waals surface area contributed by atoms with E-state index in [1.165, 1.54) is 17.5 Å². The fourth-order valence-electron chi connectivity index (χ4n) is 4.18. The summed E-state index contributed by atoms with van der Waals surface area (Å²) in [6.45, 7) is 3.06. The molecule has 1 saturated heterocycles. The number of sulfonamides is 1. The first-order chi connectivity index (χ1) is 13.9. The zero-order valence-corrected chi connectivity index (χ0v) is 17.3. The van der Waals surface area contributed by atoms with Gasteiger partial charge in [0.15, 0.2) is 0 Å². The van der Waals surface area contributed by atoms with Crippen LogP contribution < -0.4 is 5.73 Å². The van der Waals surface area contributed by atoms with Crippen LogP contribution in [-0.2, 0) is 29.4 Å². The Morgan fingerprint density at radius 2 is 1.55 bits per heavy atom. The third kappa shape index (κ3) is 4.37. The van der Waals surface area contributed by atoms with Crippen molar-refractivity contribution in [2.75, 3.05) is 26.2 Å². The second kappa shape index (κ2) is 8.26. The molecular weight excluding hydrogens is 386 g/mol. The third-order valence-electron chi connectivity index (χ3n) is 5.93. The Balaban J connectivity index is 1.39. The molecule has 1 aliphatic carbocycles.